The van der Waals surface area contributed by atoms with Crippen LogP contribution in [0.25, 0.3) is 0 Å². The van der Waals surface area contributed by atoms with Crippen molar-refractivity contribution in [2.24, 2.45) is 5.73 Å². The number of nitrogens with two attached hydrogens (primary N) is 1. The average Bonchev–Trinajstić information content (AvgIpc) is 2.80. The van der Waals surface area contributed by atoms with Crippen LogP contribution in [0.4, 0.5) is 5.69 Å². The van der Waals surface area contributed by atoms with E-state index in [0.717, 1.165) is 5.56 Å². The fraction of sp³-hybridized carbons (Fsp3) is 0.240. The van der Waals surface area contributed by atoms with Crippen LogP contribution in [0, 0.1) is 18.3 Å². The van der Waals surface area contributed by atoms with Gasteiger partial charge in [0.1, 0.15) is 23.2 Å². The maximum absolute atomic E-state index is 12.8. The highest BCUT2D eigenvalue weighted by molar-refractivity contribution is 9.10. The van der Waals surface area contributed by atoms with Gasteiger partial charge < -0.3 is 25.3 Å². The van der Waals surface area contributed by atoms with E-state index in [1.54, 1.807) is 50.2 Å². The molecular formula is C25H23BrClN3O5. The van der Waals surface area contributed by atoms with Crippen LogP contribution < -0.4 is 15.8 Å². The van der Waals surface area contributed by atoms with Crippen molar-refractivity contribution in [2.45, 2.75) is 26.7 Å². The van der Waals surface area contributed by atoms with Gasteiger partial charge in [-0.15, -0.1) is 0 Å². The number of nitrogens with one attached hydrogen (secondary N) is 1. The molecule has 0 radical (unpaired) electrons. The number of anilines is 1. The number of aryl methyl sites for hydroxylation is 1. The molecule has 3 rings (SSSR count). The zero-order valence-electron chi connectivity index (χ0n) is 19.3. The first-order valence-electron chi connectivity index (χ1n) is 10.6. The molecule has 2 aromatic carbocycles. The van der Waals surface area contributed by atoms with E-state index in [2.05, 4.69) is 21.2 Å². The Morgan fingerprint density at radius 3 is 2.66 bits per heavy atom. The van der Waals surface area contributed by atoms with E-state index in [4.69, 9.17) is 31.5 Å². The molecule has 0 fully saturated rings. The van der Waals surface area contributed by atoms with Crippen molar-refractivity contribution in [1.29, 1.82) is 5.26 Å². The van der Waals surface area contributed by atoms with E-state index in [0.29, 0.717) is 20.7 Å². The molecule has 0 saturated heterocycles. The molecule has 1 amide bonds. The first kappa shape index (κ1) is 26.1. The number of benzene rings is 2. The Hall–Kier alpha value is -3.48. The van der Waals surface area contributed by atoms with Crippen molar-refractivity contribution >= 4 is 45.1 Å². The summed E-state index contributed by atoms with van der Waals surface area (Å²) in [5.74, 6) is -1.60. The van der Waals surface area contributed by atoms with Crippen molar-refractivity contribution in [2.75, 3.05) is 18.5 Å². The summed E-state index contributed by atoms with van der Waals surface area (Å²) in [5, 5.41) is 13.1. The van der Waals surface area contributed by atoms with Gasteiger partial charge >= 0.3 is 5.97 Å². The van der Waals surface area contributed by atoms with Crippen LogP contribution in [0.5, 0.6) is 5.75 Å². The second kappa shape index (κ2) is 11.3. The number of rotatable bonds is 7. The maximum Gasteiger partial charge on any atom is 0.338 e. The third-order valence-corrected chi connectivity index (χ3v) is 6.10. The van der Waals surface area contributed by atoms with Gasteiger partial charge in [-0.2, -0.15) is 5.26 Å². The molecule has 10 heteroatoms. The number of amides is 1. The topological polar surface area (TPSA) is 124 Å². The Balaban J connectivity index is 1.94. The smallest absolute Gasteiger partial charge is 0.338 e. The zero-order chi connectivity index (χ0) is 25.7. The third kappa shape index (κ3) is 5.96. The normalized spacial score (nSPS) is 15.3. The van der Waals surface area contributed by atoms with E-state index >= 15 is 0 Å². The number of allylic oxidation sites excluding steroid dienone is 2. The molecule has 0 saturated carbocycles. The number of hydrogen-bond acceptors (Lipinski definition) is 7. The highest BCUT2D eigenvalue weighted by Gasteiger charge is 2.38. The van der Waals surface area contributed by atoms with Gasteiger partial charge in [0.25, 0.3) is 5.91 Å². The summed E-state index contributed by atoms with van der Waals surface area (Å²) in [6, 6.07) is 12.2. The highest BCUT2D eigenvalue weighted by Crippen LogP contribution is 2.43. The predicted octanol–water partition coefficient (Wildman–Crippen LogP) is 5.07. The Kier molecular flexibility index (Phi) is 8.43. The summed E-state index contributed by atoms with van der Waals surface area (Å²) in [6.07, 6.45) is 0. The van der Waals surface area contributed by atoms with Crippen LogP contribution in [-0.2, 0) is 19.1 Å². The largest absolute Gasteiger partial charge is 0.483 e. The second-order valence-electron chi connectivity index (χ2n) is 7.60. The predicted molar refractivity (Wildman–Crippen MR) is 134 cm³/mol. The number of halogens is 2. The molecule has 3 N–H and O–H groups in total. The number of nitriles is 1. The van der Waals surface area contributed by atoms with Crippen LogP contribution in [0.1, 0.15) is 30.9 Å². The van der Waals surface area contributed by atoms with Crippen LogP contribution in [0.3, 0.4) is 0 Å². The van der Waals surface area contributed by atoms with Gasteiger partial charge in [-0.3, -0.25) is 4.79 Å². The standard InChI is InChI=1S/C25H23BrClN3O5/c1-4-33-25(32)22-14(3)35-24(29)18(11-28)23(22)17-9-15(26)6-8-20(17)34-12-21(31)30-16-7-5-13(2)19(27)10-16/h5-10,23H,4,12,29H2,1-3H3,(H,30,31). The van der Waals surface area contributed by atoms with Crippen LogP contribution in [0.15, 0.2) is 63.7 Å². The van der Waals surface area contributed by atoms with Gasteiger partial charge in [-0.1, -0.05) is 33.6 Å². The Morgan fingerprint density at radius 2 is 2.00 bits per heavy atom. The number of carbonyl (C=O) groups is 2. The molecule has 1 unspecified atom stereocenters. The zero-order valence-corrected chi connectivity index (χ0v) is 21.6. The fourth-order valence-corrected chi connectivity index (χ4v) is 4.11. The van der Waals surface area contributed by atoms with E-state index in [9.17, 15) is 14.9 Å². The van der Waals surface area contributed by atoms with Gasteiger partial charge in [0.05, 0.1) is 18.1 Å². The lowest BCUT2D eigenvalue weighted by Crippen LogP contribution is -2.26. The number of carbonyl (C=O) groups excluding carboxylic acids is 2. The highest BCUT2D eigenvalue weighted by atomic mass is 79.9. The van der Waals surface area contributed by atoms with Crippen LogP contribution in [0.2, 0.25) is 5.02 Å². The quantitative estimate of drug-likeness (QED) is 0.453. The fourth-order valence-electron chi connectivity index (χ4n) is 3.55. The molecule has 2 aromatic rings. The summed E-state index contributed by atoms with van der Waals surface area (Å²) < 4.78 is 17.2. The van der Waals surface area contributed by atoms with Crippen molar-refractivity contribution in [1.82, 2.24) is 0 Å². The van der Waals surface area contributed by atoms with Gasteiger partial charge in [0, 0.05) is 20.7 Å². The molecule has 0 aliphatic carbocycles. The molecule has 0 aromatic heterocycles. The minimum atomic E-state index is -0.917. The Bertz CT molecular complexity index is 1280. The molecule has 182 valence electrons. The summed E-state index contributed by atoms with van der Waals surface area (Å²) in [4.78, 5) is 25.4. The molecule has 1 heterocycles. The Labute approximate surface area is 216 Å². The van der Waals surface area contributed by atoms with Gasteiger partial charge in [-0.25, -0.2) is 4.79 Å². The lowest BCUT2D eigenvalue weighted by molar-refractivity contribution is -0.139. The van der Waals surface area contributed by atoms with Crippen molar-refractivity contribution in [3.8, 4) is 11.8 Å². The summed E-state index contributed by atoms with van der Waals surface area (Å²) in [7, 11) is 0. The first-order valence-corrected chi connectivity index (χ1v) is 11.8. The molecule has 0 bridgehead atoms. The molecule has 1 aliphatic rings. The van der Waals surface area contributed by atoms with Gasteiger partial charge in [0.15, 0.2) is 6.61 Å². The Morgan fingerprint density at radius 1 is 1.26 bits per heavy atom. The summed E-state index contributed by atoms with van der Waals surface area (Å²) in [6.45, 7) is 4.91. The number of esters is 1. The van der Waals surface area contributed by atoms with Crippen LogP contribution in [-0.4, -0.2) is 25.1 Å². The number of ether oxygens (including phenoxy) is 3. The summed E-state index contributed by atoms with van der Waals surface area (Å²) in [5.41, 5.74) is 7.99. The van der Waals surface area contributed by atoms with E-state index in [1.807, 2.05) is 13.0 Å². The molecule has 0 spiro atoms. The average molecular weight is 561 g/mol. The van der Waals surface area contributed by atoms with Crippen molar-refractivity contribution in [3.63, 3.8) is 0 Å². The van der Waals surface area contributed by atoms with Crippen molar-refractivity contribution in [3.05, 3.63) is 79.8 Å². The first-order chi connectivity index (χ1) is 16.7. The molecule has 8 nitrogen and oxygen atoms in total. The van der Waals surface area contributed by atoms with Crippen molar-refractivity contribution < 1.29 is 23.8 Å². The molecule has 1 atom stereocenters. The lowest BCUT2D eigenvalue weighted by atomic mass is 9.82. The third-order valence-electron chi connectivity index (χ3n) is 5.20. The molecule has 35 heavy (non-hydrogen) atoms. The van der Waals surface area contributed by atoms with Crippen LogP contribution >= 0.6 is 27.5 Å². The minimum Gasteiger partial charge on any atom is -0.483 e. The van der Waals surface area contributed by atoms with Gasteiger partial charge in [0.2, 0.25) is 5.88 Å². The second-order valence-corrected chi connectivity index (χ2v) is 8.92. The van der Waals surface area contributed by atoms with Gasteiger partial charge in [-0.05, 0) is 56.7 Å². The van der Waals surface area contributed by atoms with E-state index < -0.39 is 17.8 Å². The maximum atomic E-state index is 12.8. The molecule has 1 aliphatic heterocycles. The monoisotopic (exact) mass is 559 g/mol. The lowest BCUT2D eigenvalue weighted by Gasteiger charge is -2.28. The van der Waals surface area contributed by atoms with E-state index in [1.165, 1.54) is 0 Å². The summed E-state index contributed by atoms with van der Waals surface area (Å²) >= 11 is 9.54. The van der Waals surface area contributed by atoms with E-state index in [-0.39, 0.29) is 41.8 Å². The SMILES string of the molecule is CCOC(=O)C1=C(C)OC(N)=C(C#N)C1c1cc(Br)ccc1OCC(=O)Nc1ccc(C)c(Cl)c1. The minimum absolute atomic E-state index is 0.0281. The molecular weight excluding hydrogens is 538 g/mol. The number of hydrogen-bond donors (Lipinski definition) is 2. The number of nitrogens with zero attached hydrogens (tertiary/aromatic N) is 1.